The summed E-state index contributed by atoms with van der Waals surface area (Å²) in [5, 5.41) is 3.91. The summed E-state index contributed by atoms with van der Waals surface area (Å²) in [6.45, 7) is 0. The molecule has 4 rings (SSSR count). The van der Waals surface area contributed by atoms with Crippen molar-refractivity contribution < 1.29 is 0 Å². The molecule has 0 fully saturated rings. The molecule has 0 N–H and O–H groups in total. The van der Waals surface area contributed by atoms with Crippen molar-refractivity contribution in [2.45, 2.75) is 0 Å². The van der Waals surface area contributed by atoms with Gasteiger partial charge >= 0.3 is 0 Å². The number of thiophene rings is 3. The summed E-state index contributed by atoms with van der Waals surface area (Å²) in [5.74, 6) is 0. The molecule has 86 valence electrons. The van der Waals surface area contributed by atoms with Crippen molar-refractivity contribution in [3.8, 4) is 0 Å². The summed E-state index contributed by atoms with van der Waals surface area (Å²) >= 11 is 12.4. The van der Waals surface area contributed by atoms with Crippen LogP contribution in [0.4, 0.5) is 0 Å². The first kappa shape index (κ1) is 11.9. The first-order chi connectivity index (χ1) is 8.63. The molecule has 1 aromatic carbocycles. The van der Waals surface area contributed by atoms with E-state index >= 15 is 0 Å². The fourth-order valence-corrected chi connectivity index (χ4v) is 6.64. The molecule has 4 aromatic rings. The number of fused-ring (bicyclic) bond motifs is 6. The Balaban J connectivity index is 2.43. The van der Waals surface area contributed by atoms with Crippen molar-refractivity contribution >= 4 is 109 Å². The van der Waals surface area contributed by atoms with Crippen LogP contribution in [0.15, 0.2) is 25.8 Å². The monoisotopic (exact) mass is 412 g/mol. The predicted molar refractivity (Wildman–Crippen MR) is 93.4 cm³/mol. The van der Waals surface area contributed by atoms with Gasteiger partial charge in [-0.2, -0.15) is 11.3 Å². The lowest BCUT2D eigenvalue weighted by atomic mass is 10.1. The second-order valence-electron chi connectivity index (χ2n) is 3.98. The van der Waals surface area contributed by atoms with Crippen molar-refractivity contribution in [2.75, 3.05) is 0 Å². The van der Waals surface area contributed by atoms with Crippen LogP contribution < -0.4 is 4.78 Å². The molecule has 18 heavy (non-hydrogen) atoms. The van der Waals surface area contributed by atoms with Crippen LogP contribution in [0.5, 0.6) is 0 Å². The largest absolute Gasteiger partial charge is 0.151 e. The summed E-state index contributed by atoms with van der Waals surface area (Å²) in [5.41, 5.74) is 0. The van der Waals surface area contributed by atoms with Crippen LogP contribution in [0, 0.1) is 0 Å². The molecule has 0 unspecified atom stereocenters. The van der Waals surface area contributed by atoms with E-state index in [1.807, 2.05) is 0 Å². The van der Waals surface area contributed by atoms with Crippen molar-refractivity contribution in [3.63, 3.8) is 0 Å². The summed E-state index contributed by atoms with van der Waals surface area (Å²) in [6, 6.07) is 6.50. The molecule has 0 atom stereocenters. The highest BCUT2D eigenvalue weighted by Crippen LogP contribution is 2.46. The quantitative estimate of drug-likeness (QED) is 0.327. The molecule has 0 amide bonds. The lowest BCUT2D eigenvalue weighted by molar-refractivity contribution is 2.07. The minimum Gasteiger partial charge on any atom is -0.151 e. The van der Waals surface area contributed by atoms with Gasteiger partial charge in [0.25, 0.3) is 0 Å². The van der Waals surface area contributed by atoms with Gasteiger partial charge < -0.3 is 0 Å². The average Bonchev–Trinajstić information content (AvgIpc) is 2.93. The van der Waals surface area contributed by atoms with E-state index in [1.54, 1.807) is 34.0 Å². The van der Waals surface area contributed by atoms with E-state index in [9.17, 15) is 0 Å². The van der Waals surface area contributed by atoms with Crippen molar-refractivity contribution in [1.82, 2.24) is 0 Å². The summed E-state index contributed by atoms with van der Waals surface area (Å²) in [7, 11) is 5.99. The topological polar surface area (TPSA) is 0 Å². The maximum Gasteiger partial charge on any atom is 0.128 e. The maximum atomic E-state index is 5.99. The van der Waals surface area contributed by atoms with Gasteiger partial charge in [-0.15, -0.1) is 22.7 Å². The molecule has 2 radical (unpaired) electrons. The van der Waals surface area contributed by atoms with Crippen LogP contribution >= 0.6 is 65.9 Å². The van der Waals surface area contributed by atoms with E-state index < -0.39 is 0 Å². The van der Waals surface area contributed by atoms with E-state index in [1.165, 1.54) is 37.8 Å². The zero-order valence-corrected chi connectivity index (χ0v) is 14.4. The average molecular weight is 414 g/mol. The van der Waals surface area contributed by atoms with Crippen LogP contribution in [0.2, 0.25) is 0 Å². The second kappa shape index (κ2) is 4.06. The van der Waals surface area contributed by atoms with Gasteiger partial charge in [-0.25, -0.2) is 0 Å². The standard InChI is InChI=1S/C12H3BBr2S3/c13-7-1-4-10(16-7)5-2-8(14)18-12(5)6-3-9(15)17-11(4)6/h1-3H. The van der Waals surface area contributed by atoms with E-state index in [2.05, 4.69) is 50.1 Å². The molecule has 0 nitrogen and oxygen atoms in total. The Morgan fingerprint density at radius 3 is 1.72 bits per heavy atom. The highest BCUT2D eigenvalue weighted by molar-refractivity contribution is 9.11. The number of halogens is 2. The number of benzene rings is 1. The fourth-order valence-electron chi connectivity index (χ4n) is 2.24. The van der Waals surface area contributed by atoms with E-state index in [4.69, 9.17) is 7.85 Å². The Hall–Kier alpha value is 0.125. The maximum absolute atomic E-state index is 5.99. The van der Waals surface area contributed by atoms with Crippen molar-refractivity contribution in [1.29, 1.82) is 0 Å². The summed E-state index contributed by atoms with van der Waals surface area (Å²) in [6.07, 6.45) is 0. The highest BCUT2D eigenvalue weighted by Gasteiger charge is 2.15. The molecule has 3 heterocycles. The third-order valence-electron chi connectivity index (χ3n) is 2.89. The van der Waals surface area contributed by atoms with Gasteiger partial charge in [0.05, 0.1) is 7.57 Å². The van der Waals surface area contributed by atoms with E-state index in [0.717, 1.165) is 4.78 Å². The minimum absolute atomic E-state index is 0.880. The molecular weight excluding hydrogens is 411 g/mol. The lowest BCUT2D eigenvalue weighted by Gasteiger charge is -1.96. The normalized spacial score (nSPS) is 12.1. The van der Waals surface area contributed by atoms with Crippen molar-refractivity contribution in [3.05, 3.63) is 25.8 Å². The number of hydrogen-bond donors (Lipinski definition) is 0. The Kier molecular flexibility index (Phi) is 2.69. The first-order valence-corrected chi connectivity index (χ1v) is 9.16. The summed E-state index contributed by atoms with van der Waals surface area (Å²) in [4.78, 5) is 0. The number of hydrogen-bond acceptors (Lipinski definition) is 3. The van der Waals surface area contributed by atoms with E-state index in [-0.39, 0.29) is 0 Å². The van der Waals surface area contributed by atoms with Crippen LogP contribution in [-0.2, 0) is 0 Å². The molecule has 0 aliphatic heterocycles. The molecule has 0 saturated carbocycles. The molecule has 6 heteroatoms. The van der Waals surface area contributed by atoms with Crippen LogP contribution in [0.25, 0.3) is 30.3 Å². The Bertz CT molecular complexity index is 698. The smallest absolute Gasteiger partial charge is 0.128 e. The Labute approximate surface area is 133 Å². The van der Waals surface area contributed by atoms with Gasteiger partial charge in [-0.3, -0.25) is 0 Å². The lowest BCUT2D eigenvalue weighted by Crippen LogP contribution is -1.88. The van der Waals surface area contributed by atoms with Crippen LogP contribution in [0.1, 0.15) is 0 Å². The third kappa shape index (κ3) is 1.59. The molecule has 0 bridgehead atoms. The van der Waals surface area contributed by atoms with E-state index in [0.29, 0.717) is 0 Å². The fraction of sp³-hybridized carbons (Fsp3) is 0. The molecular formula is C12H3BBr2S3. The summed E-state index contributed by atoms with van der Waals surface area (Å²) < 4.78 is 7.18. The van der Waals surface area contributed by atoms with Gasteiger partial charge in [-0.1, -0.05) is 0 Å². The molecule has 0 aliphatic carbocycles. The van der Waals surface area contributed by atoms with Gasteiger partial charge in [0, 0.05) is 30.3 Å². The first-order valence-electron chi connectivity index (χ1n) is 5.12. The number of rotatable bonds is 0. The van der Waals surface area contributed by atoms with Gasteiger partial charge in [0.2, 0.25) is 0 Å². The zero-order valence-electron chi connectivity index (χ0n) is 8.79. The van der Waals surface area contributed by atoms with Gasteiger partial charge in [-0.05, 0) is 54.8 Å². The second-order valence-corrected chi connectivity index (χ2v) is 9.92. The van der Waals surface area contributed by atoms with Crippen LogP contribution in [-0.4, -0.2) is 7.85 Å². The minimum atomic E-state index is 0.880. The molecule has 3 aromatic heterocycles. The van der Waals surface area contributed by atoms with Crippen molar-refractivity contribution in [2.24, 2.45) is 0 Å². The Morgan fingerprint density at radius 2 is 1.17 bits per heavy atom. The van der Waals surface area contributed by atoms with Gasteiger partial charge in [0.15, 0.2) is 0 Å². The Morgan fingerprint density at radius 1 is 0.722 bits per heavy atom. The van der Waals surface area contributed by atoms with Gasteiger partial charge in [0.1, 0.15) is 7.85 Å². The SMILES string of the molecule is [B]c1cc2c(s1)c1cc(Br)sc1c1cc(Br)sc21. The zero-order chi connectivity index (χ0) is 12.4. The van der Waals surface area contributed by atoms with Crippen LogP contribution in [0.3, 0.4) is 0 Å². The predicted octanol–water partition coefficient (Wildman–Crippen LogP) is 5.65. The molecule has 0 aliphatic rings. The molecule has 0 saturated heterocycles. The molecule has 0 spiro atoms. The highest BCUT2D eigenvalue weighted by atomic mass is 79.9. The third-order valence-corrected chi connectivity index (χ3v) is 7.23.